The average molecular weight is 555 g/mol. The lowest BCUT2D eigenvalue weighted by Crippen LogP contribution is -2.68. The van der Waals surface area contributed by atoms with Crippen LogP contribution in [0.3, 0.4) is 0 Å². The number of benzene rings is 4. The van der Waals surface area contributed by atoms with Crippen molar-refractivity contribution in [1.29, 1.82) is 0 Å². The van der Waals surface area contributed by atoms with Crippen LogP contribution in [0.15, 0.2) is 103 Å². The number of aryl methyl sites for hydroxylation is 1. The van der Waals surface area contributed by atoms with Crippen molar-refractivity contribution in [3.05, 3.63) is 121 Å². The van der Waals surface area contributed by atoms with E-state index in [2.05, 4.69) is 91.8 Å². The van der Waals surface area contributed by atoms with Crippen LogP contribution < -0.4 is 13.7 Å². The van der Waals surface area contributed by atoms with E-state index in [4.69, 9.17) is 8.85 Å². The number of aromatic nitrogens is 2. The lowest BCUT2D eigenvalue weighted by atomic mass is 9.86. The van der Waals surface area contributed by atoms with Crippen LogP contribution in [0.5, 0.6) is 11.5 Å². The second-order valence-electron chi connectivity index (χ2n) is 12.8. The summed E-state index contributed by atoms with van der Waals surface area (Å²) in [5.41, 5.74) is 7.14. The largest absolute Gasteiger partial charge is 0.457 e. The summed E-state index contributed by atoms with van der Waals surface area (Å²) in [5, 5.41) is 2.29. The topological polar surface area (TPSA) is 27.1 Å². The summed E-state index contributed by atoms with van der Waals surface area (Å²) in [6.07, 6.45) is 1.81. The van der Waals surface area contributed by atoms with Crippen LogP contribution in [0.1, 0.15) is 36.0 Å². The molecule has 2 atom stereocenters. The highest BCUT2D eigenvalue weighted by molar-refractivity contribution is 6.09. The monoisotopic (exact) mass is 554 g/mol. The zero-order valence-electron chi connectivity index (χ0n) is 27.3. The molecule has 9 rings (SSSR count). The van der Waals surface area contributed by atoms with Crippen LogP contribution in [0, 0.1) is 13.6 Å². The van der Waals surface area contributed by atoms with Crippen molar-refractivity contribution in [3.8, 4) is 17.3 Å². The van der Waals surface area contributed by atoms with Gasteiger partial charge in [-0.1, -0.05) is 51.1 Å². The minimum absolute atomic E-state index is 0.0650. The summed E-state index contributed by atoms with van der Waals surface area (Å²) < 4.78 is 34.4. The second kappa shape index (κ2) is 8.54. The quantitative estimate of drug-likeness (QED) is 0.160. The molecule has 5 heteroatoms. The molecule has 0 N–H and O–H groups in total. The smallest absolute Gasteiger partial charge is 0.181 e. The van der Waals surface area contributed by atoms with Crippen LogP contribution in [0.25, 0.3) is 27.6 Å². The van der Waals surface area contributed by atoms with Crippen molar-refractivity contribution in [1.82, 2.24) is 18.5 Å². The fourth-order valence-corrected chi connectivity index (χ4v) is 6.78. The van der Waals surface area contributed by atoms with Crippen LogP contribution in [-0.2, 0) is 5.41 Å². The van der Waals surface area contributed by atoms with E-state index in [1.807, 2.05) is 55.3 Å². The van der Waals surface area contributed by atoms with Gasteiger partial charge in [0.1, 0.15) is 23.0 Å². The third-order valence-corrected chi connectivity index (χ3v) is 8.80. The molecular formula is C37H35N4O+. The lowest BCUT2D eigenvalue weighted by Gasteiger charge is -2.54. The Bertz CT molecular complexity index is 2140. The Kier molecular flexibility index (Phi) is 4.51. The number of quaternary nitrogens is 2. The number of nitrogens with zero attached hydrogens (tertiary/aromatic N) is 4. The van der Waals surface area contributed by atoms with Crippen molar-refractivity contribution in [2.24, 2.45) is 0 Å². The van der Waals surface area contributed by atoms with Gasteiger partial charge in [-0.3, -0.25) is 9.05 Å². The molecule has 208 valence electrons. The lowest BCUT2D eigenvalue weighted by molar-refractivity contribution is 0.157. The van der Waals surface area contributed by atoms with Gasteiger partial charge in [0.05, 0.1) is 28.8 Å². The van der Waals surface area contributed by atoms with E-state index in [1.165, 1.54) is 5.56 Å². The first-order valence-electron chi connectivity index (χ1n) is 15.9. The standard InChI is InChI=1S/C37H35N4O/c1-25-18-27(41-23-40(5,24-41)34-16-13-26(20-35(34)41)37(2,3)4)21-29(19-25)42-28-14-15-31-30-10-6-7-11-32(30)39(33(31)22-28)36-12-8-9-17-38-36/h6-23H,24H2,1-5H3/q+1/t40-,41+/m0/s1/i5D3. The third-order valence-electron chi connectivity index (χ3n) is 8.80. The second-order valence-corrected chi connectivity index (χ2v) is 12.8. The molecule has 2 bridgehead atoms. The Morgan fingerprint density at radius 1 is 0.833 bits per heavy atom. The zero-order valence-corrected chi connectivity index (χ0v) is 24.3. The van der Waals surface area contributed by atoms with Gasteiger partial charge in [-0.15, -0.1) is 0 Å². The fourth-order valence-electron chi connectivity index (χ4n) is 6.78. The average Bonchev–Trinajstić information content (AvgIpc) is 3.57. The van der Waals surface area contributed by atoms with E-state index in [9.17, 15) is 0 Å². The van der Waals surface area contributed by atoms with Gasteiger partial charge >= 0.3 is 0 Å². The molecule has 0 radical (unpaired) electrons. The predicted molar refractivity (Wildman–Crippen MR) is 173 cm³/mol. The summed E-state index contributed by atoms with van der Waals surface area (Å²) in [4.78, 5) is 4.65. The first-order valence-corrected chi connectivity index (χ1v) is 14.4. The number of rotatable bonds is 4. The van der Waals surface area contributed by atoms with E-state index >= 15 is 0 Å². The van der Waals surface area contributed by atoms with Crippen LogP contribution in [-0.4, -0.2) is 23.2 Å². The van der Waals surface area contributed by atoms with Gasteiger partial charge in [0.15, 0.2) is 18.0 Å². The molecule has 0 saturated carbocycles. The maximum atomic E-state index is 8.47. The highest BCUT2D eigenvalue weighted by Crippen LogP contribution is 2.61. The first-order chi connectivity index (χ1) is 21.4. The first kappa shape index (κ1) is 22.2. The number of pyridine rings is 1. The number of hydrogen-bond acceptors (Lipinski definition) is 2. The van der Waals surface area contributed by atoms with E-state index in [-0.39, 0.29) is 9.90 Å². The minimum atomic E-state index is -2.19. The van der Waals surface area contributed by atoms with Gasteiger partial charge in [-0.25, -0.2) is 4.98 Å². The van der Waals surface area contributed by atoms with Crippen molar-refractivity contribution in [2.75, 3.05) is 13.6 Å². The molecule has 3 aliphatic heterocycles. The Balaban J connectivity index is 1.23. The van der Waals surface area contributed by atoms with Crippen LogP contribution >= 0.6 is 0 Å². The molecular weight excluding hydrogens is 516 g/mol. The van der Waals surface area contributed by atoms with Gasteiger partial charge in [-0.2, -0.15) is 0 Å². The van der Waals surface area contributed by atoms with Gasteiger partial charge < -0.3 is 9.22 Å². The highest BCUT2D eigenvalue weighted by Gasteiger charge is 2.59. The SMILES string of the molecule is [2H]C([2H])([2H])[N@+]12[CH-][N@+](c3cc(C)cc(Oc4ccc5c6ccccc6n(-c6ccccn6)c5c4)c3)(C1)c1cc(C(C)(C)C)ccc12. The Morgan fingerprint density at radius 2 is 1.64 bits per heavy atom. The summed E-state index contributed by atoms with van der Waals surface area (Å²) in [6.45, 7) is 8.82. The minimum Gasteiger partial charge on any atom is -0.457 e. The highest BCUT2D eigenvalue weighted by atomic mass is 16.5. The molecule has 1 saturated heterocycles. The number of hydrogen-bond donors (Lipinski definition) is 0. The summed E-state index contributed by atoms with van der Waals surface area (Å²) >= 11 is 0. The number of fused-ring (bicyclic) bond motifs is 3. The maximum Gasteiger partial charge on any atom is 0.181 e. The van der Waals surface area contributed by atoms with E-state index in [0.717, 1.165) is 56.0 Å². The van der Waals surface area contributed by atoms with E-state index < -0.39 is 6.98 Å². The molecule has 42 heavy (non-hydrogen) atoms. The van der Waals surface area contributed by atoms with Gasteiger partial charge in [0.2, 0.25) is 0 Å². The molecule has 4 aromatic carbocycles. The molecule has 3 aliphatic rings. The van der Waals surface area contributed by atoms with Crippen LogP contribution in [0.2, 0.25) is 0 Å². The molecule has 2 aromatic heterocycles. The molecule has 0 amide bonds. The van der Waals surface area contributed by atoms with Gasteiger partial charge in [-0.05, 0) is 59.9 Å². The molecule has 1 fully saturated rings. The Morgan fingerprint density at radius 3 is 2.43 bits per heavy atom. The number of ether oxygens (including phenoxy) is 1. The van der Waals surface area contributed by atoms with E-state index in [0.29, 0.717) is 16.9 Å². The number of para-hydroxylation sites is 1. The molecule has 5 nitrogen and oxygen atoms in total. The third kappa shape index (κ3) is 3.60. The van der Waals surface area contributed by atoms with Crippen LogP contribution in [0.4, 0.5) is 17.1 Å². The van der Waals surface area contributed by atoms with Gasteiger partial charge in [0.25, 0.3) is 0 Å². The Hall–Kier alpha value is -4.45. The summed E-state index contributed by atoms with van der Waals surface area (Å²) in [7, 11) is 0. The van der Waals surface area contributed by atoms with Crippen molar-refractivity contribution in [3.63, 3.8) is 0 Å². The van der Waals surface area contributed by atoms with E-state index in [1.54, 1.807) is 0 Å². The maximum absolute atomic E-state index is 8.47. The zero-order chi connectivity index (χ0) is 31.4. The Labute approximate surface area is 251 Å². The normalized spacial score (nSPS) is 22.3. The van der Waals surface area contributed by atoms with Crippen molar-refractivity contribution < 1.29 is 8.85 Å². The van der Waals surface area contributed by atoms with Crippen molar-refractivity contribution >= 4 is 38.9 Å². The molecule has 0 aliphatic carbocycles. The van der Waals surface area contributed by atoms with Gasteiger partial charge in [0, 0.05) is 47.3 Å². The molecule has 0 spiro atoms. The molecule has 0 unspecified atom stereocenters. The van der Waals surface area contributed by atoms with Crippen molar-refractivity contribution in [2.45, 2.75) is 33.1 Å². The summed E-state index contributed by atoms with van der Waals surface area (Å²) in [5.74, 6) is 2.28. The predicted octanol–water partition coefficient (Wildman–Crippen LogP) is 9.26. The molecule has 6 aromatic rings. The fraction of sp³-hybridized carbons (Fsp3) is 0.189. The summed E-state index contributed by atoms with van der Waals surface area (Å²) in [6, 6.07) is 33.1. The molecule has 5 heterocycles.